The molecule has 1 saturated heterocycles. The molecule has 2 nitrogen and oxygen atoms in total. The molecule has 0 bridgehead atoms. The molecule has 15 heavy (non-hydrogen) atoms. The maximum absolute atomic E-state index is 8.91. The van der Waals surface area contributed by atoms with Crippen molar-refractivity contribution in [1.82, 2.24) is 0 Å². The number of ether oxygens (including phenoxy) is 1. The van der Waals surface area contributed by atoms with Gasteiger partial charge in [-0.2, -0.15) is 17.0 Å². The Labute approximate surface area is 94.2 Å². The van der Waals surface area contributed by atoms with E-state index in [0.717, 1.165) is 17.9 Å². The van der Waals surface area contributed by atoms with Crippen LogP contribution in [0.3, 0.4) is 0 Å². The van der Waals surface area contributed by atoms with Crippen molar-refractivity contribution < 1.29 is 4.74 Å². The van der Waals surface area contributed by atoms with Crippen LogP contribution in [-0.4, -0.2) is 17.6 Å². The van der Waals surface area contributed by atoms with E-state index in [1.807, 2.05) is 30.0 Å². The van der Waals surface area contributed by atoms with E-state index in [1.54, 1.807) is 6.07 Å². The summed E-state index contributed by atoms with van der Waals surface area (Å²) in [6.45, 7) is 0. The van der Waals surface area contributed by atoms with Gasteiger partial charge in [0.25, 0.3) is 0 Å². The molecule has 0 amide bonds. The third kappa shape index (κ3) is 2.66. The van der Waals surface area contributed by atoms with Gasteiger partial charge in [-0.25, -0.2) is 0 Å². The molecule has 0 aromatic heterocycles. The zero-order chi connectivity index (χ0) is 10.5. The van der Waals surface area contributed by atoms with Gasteiger partial charge in [0, 0.05) is 5.75 Å². The highest BCUT2D eigenvalue weighted by atomic mass is 32.2. The Balaban J connectivity index is 2.06. The zero-order valence-corrected chi connectivity index (χ0v) is 9.30. The van der Waals surface area contributed by atoms with E-state index in [1.165, 1.54) is 12.2 Å². The maximum atomic E-state index is 8.91. The van der Waals surface area contributed by atoms with Crippen molar-refractivity contribution in [3.05, 3.63) is 29.8 Å². The molecule has 1 fully saturated rings. The number of para-hydroxylation sites is 1. The van der Waals surface area contributed by atoms with Gasteiger partial charge in [-0.15, -0.1) is 0 Å². The molecule has 1 heterocycles. The van der Waals surface area contributed by atoms with Crippen molar-refractivity contribution in [2.75, 3.05) is 11.5 Å². The van der Waals surface area contributed by atoms with E-state index in [0.29, 0.717) is 5.56 Å². The molecule has 0 N–H and O–H groups in total. The fourth-order valence-electron chi connectivity index (χ4n) is 1.65. The summed E-state index contributed by atoms with van der Waals surface area (Å²) in [4.78, 5) is 0. The summed E-state index contributed by atoms with van der Waals surface area (Å²) >= 11 is 1.93. The first-order valence-electron chi connectivity index (χ1n) is 5.13. The first-order valence-corrected chi connectivity index (χ1v) is 6.29. The van der Waals surface area contributed by atoms with E-state index in [-0.39, 0.29) is 6.10 Å². The number of benzene rings is 1. The van der Waals surface area contributed by atoms with Crippen LogP contribution in [0.2, 0.25) is 0 Å². The summed E-state index contributed by atoms with van der Waals surface area (Å²) in [5.74, 6) is 3.01. The molecule has 0 aliphatic carbocycles. The highest BCUT2D eigenvalue weighted by Gasteiger charge is 2.16. The van der Waals surface area contributed by atoms with Crippen LogP contribution in [0.5, 0.6) is 5.75 Å². The van der Waals surface area contributed by atoms with Crippen LogP contribution in [0.1, 0.15) is 18.4 Å². The molecular formula is C12H13NOS. The lowest BCUT2D eigenvalue weighted by atomic mass is 10.2. The Hall–Kier alpha value is -1.14. The summed E-state index contributed by atoms with van der Waals surface area (Å²) in [6.07, 6.45) is 2.59. The van der Waals surface area contributed by atoms with E-state index < -0.39 is 0 Å². The second-order valence-electron chi connectivity index (χ2n) is 3.56. The van der Waals surface area contributed by atoms with Crippen molar-refractivity contribution in [3.63, 3.8) is 0 Å². The number of hydrogen-bond donors (Lipinski definition) is 0. The van der Waals surface area contributed by atoms with E-state index >= 15 is 0 Å². The minimum atomic E-state index is 0.276. The Morgan fingerprint density at radius 1 is 1.40 bits per heavy atom. The van der Waals surface area contributed by atoms with Crippen molar-refractivity contribution >= 4 is 11.8 Å². The van der Waals surface area contributed by atoms with Crippen molar-refractivity contribution in [3.8, 4) is 11.8 Å². The lowest BCUT2D eigenvalue weighted by Gasteiger charge is -2.23. The van der Waals surface area contributed by atoms with Crippen molar-refractivity contribution in [2.24, 2.45) is 0 Å². The molecule has 2 rings (SSSR count). The Bertz CT molecular complexity index is 366. The smallest absolute Gasteiger partial charge is 0.137 e. The lowest BCUT2D eigenvalue weighted by Crippen LogP contribution is -2.23. The molecule has 0 saturated carbocycles. The fraction of sp³-hybridized carbons (Fsp3) is 0.417. The van der Waals surface area contributed by atoms with Crippen LogP contribution in [0.4, 0.5) is 0 Å². The third-order valence-electron chi connectivity index (χ3n) is 2.42. The molecule has 0 radical (unpaired) electrons. The lowest BCUT2D eigenvalue weighted by molar-refractivity contribution is 0.211. The van der Waals surface area contributed by atoms with Crippen molar-refractivity contribution in [1.29, 1.82) is 5.26 Å². The summed E-state index contributed by atoms with van der Waals surface area (Å²) < 4.78 is 5.83. The summed E-state index contributed by atoms with van der Waals surface area (Å²) in [5.41, 5.74) is 0.632. The minimum Gasteiger partial charge on any atom is -0.488 e. The normalized spacial score (nSPS) is 20.6. The standard InChI is InChI=1S/C12H13NOS/c13-8-10-4-1-2-6-12(10)14-11-5-3-7-15-9-11/h1-2,4,6,11H,3,5,7,9H2. The molecule has 1 aromatic carbocycles. The van der Waals surface area contributed by atoms with Gasteiger partial charge in [-0.3, -0.25) is 0 Å². The summed E-state index contributed by atoms with van der Waals surface area (Å²) in [5, 5.41) is 8.91. The monoisotopic (exact) mass is 219 g/mol. The molecular weight excluding hydrogens is 206 g/mol. The number of thioether (sulfide) groups is 1. The predicted octanol–water partition coefficient (Wildman–Crippen LogP) is 2.83. The molecule has 3 heteroatoms. The van der Waals surface area contributed by atoms with E-state index in [4.69, 9.17) is 10.00 Å². The first kappa shape index (κ1) is 10.4. The van der Waals surface area contributed by atoms with Gasteiger partial charge in [0.05, 0.1) is 5.56 Å². The minimum absolute atomic E-state index is 0.276. The summed E-state index contributed by atoms with van der Waals surface area (Å²) in [6, 6.07) is 9.59. The predicted molar refractivity (Wildman–Crippen MR) is 62.1 cm³/mol. The number of rotatable bonds is 2. The third-order valence-corrected chi connectivity index (χ3v) is 3.60. The van der Waals surface area contributed by atoms with Gasteiger partial charge in [0.1, 0.15) is 17.9 Å². The summed E-state index contributed by atoms with van der Waals surface area (Å²) in [7, 11) is 0. The van der Waals surface area contributed by atoms with Crippen LogP contribution in [-0.2, 0) is 0 Å². The maximum Gasteiger partial charge on any atom is 0.137 e. The van der Waals surface area contributed by atoms with Gasteiger partial charge in [0.15, 0.2) is 0 Å². The van der Waals surface area contributed by atoms with Crippen LogP contribution in [0.15, 0.2) is 24.3 Å². The second-order valence-corrected chi connectivity index (χ2v) is 4.71. The Morgan fingerprint density at radius 3 is 3.00 bits per heavy atom. The molecule has 1 aliphatic heterocycles. The fourth-order valence-corrected chi connectivity index (χ4v) is 2.68. The zero-order valence-electron chi connectivity index (χ0n) is 8.48. The van der Waals surface area contributed by atoms with Gasteiger partial charge in [0.2, 0.25) is 0 Å². The SMILES string of the molecule is N#Cc1ccccc1OC1CCCSC1. The van der Waals surface area contributed by atoms with Crippen LogP contribution in [0, 0.1) is 11.3 Å². The number of nitrogens with zero attached hydrogens (tertiary/aromatic N) is 1. The van der Waals surface area contributed by atoms with Crippen LogP contribution < -0.4 is 4.74 Å². The Kier molecular flexibility index (Phi) is 3.52. The molecule has 1 unspecified atom stereocenters. The number of hydrogen-bond acceptors (Lipinski definition) is 3. The second kappa shape index (κ2) is 5.09. The molecule has 0 spiro atoms. The molecule has 1 atom stereocenters. The highest BCUT2D eigenvalue weighted by molar-refractivity contribution is 7.99. The molecule has 1 aliphatic rings. The van der Waals surface area contributed by atoms with Gasteiger partial charge in [-0.05, 0) is 30.7 Å². The van der Waals surface area contributed by atoms with Gasteiger partial charge in [-0.1, -0.05) is 12.1 Å². The average Bonchev–Trinajstić information content (AvgIpc) is 2.31. The topological polar surface area (TPSA) is 33.0 Å². The molecule has 78 valence electrons. The average molecular weight is 219 g/mol. The number of nitriles is 1. The largest absolute Gasteiger partial charge is 0.488 e. The quantitative estimate of drug-likeness (QED) is 0.766. The molecule has 1 aromatic rings. The Morgan fingerprint density at radius 2 is 2.27 bits per heavy atom. The van der Waals surface area contributed by atoms with Gasteiger partial charge >= 0.3 is 0 Å². The van der Waals surface area contributed by atoms with Crippen LogP contribution in [0.25, 0.3) is 0 Å². The van der Waals surface area contributed by atoms with Crippen LogP contribution >= 0.6 is 11.8 Å². The first-order chi connectivity index (χ1) is 7.40. The van der Waals surface area contributed by atoms with E-state index in [9.17, 15) is 0 Å². The van der Waals surface area contributed by atoms with Crippen molar-refractivity contribution in [2.45, 2.75) is 18.9 Å². The highest BCUT2D eigenvalue weighted by Crippen LogP contribution is 2.24. The van der Waals surface area contributed by atoms with Gasteiger partial charge < -0.3 is 4.74 Å². The van der Waals surface area contributed by atoms with E-state index in [2.05, 4.69) is 6.07 Å².